The van der Waals surface area contributed by atoms with Gasteiger partial charge in [0.2, 0.25) is 0 Å². The van der Waals surface area contributed by atoms with Crippen molar-refractivity contribution in [2.45, 2.75) is 0 Å². The first-order valence-electron chi connectivity index (χ1n) is 12.8. The van der Waals surface area contributed by atoms with E-state index in [1.165, 1.54) is 23.5 Å². The van der Waals surface area contributed by atoms with Crippen molar-refractivity contribution in [2.75, 3.05) is 114 Å². The van der Waals surface area contributed by atoms with E-state index in [0.29, 0.717) is 69.4 Å². The number of esters is 2. The standard InChI is InChI=1S/C23H42O8S12/c24-1-5-32-7-3-30-21(26)11-35-15-38-14-34-9-10-43(29)20-41-18-40-19-42-23(28)13-37-17-39-16-36-12-22(27)31-4-8-33-6-2-25/h24-25H,1-20H2. The Morgan fingerprint density at radius 1 is 0.535 bits per heavy atom. The van der Waals surface area contributed by atoms with Gasteiger partial charge in [0.25, 0.3) is 0 Å². The molecule has 0 rings (SSSR count). The molecule has 0 aromatic rings. The Morgan fingerprint density at radius 3 is 1.58 bits per heavy atom. The van der Waals surface area contributed by atoms with Gasteiger partial charge in [0.1, 0.15) is 13.2 Å². The molecule has 1 unspecified atom stereocenters. The summed E-state index contributed by atoms with van der Waals surface area (Å²) in [5.41, 5.74) is 0. The first-order chi connectivity index (χ1) is 21.0. The lowest BCUT2D eigenvalue weighted by Gasteiger charge is -2.05. The summed E-state index contributed by atoms with van der Waals surface area (Å²) in [7, 11) is -0.847. The Morgan fingerprint density at radius 2 is 1.02 bits per heavy atom. The van der Waals surface area contributed by atoms with Gasteiger partial charge in [0.05, 0.1) is 35.6 Å². The van der Waals surface area contributed by atoms with Crippen molar-refractivity contribution >= 4 is 157 Å². The minimum absolute atomic E-state index is 0.137. The smallest absolute Gasteiger partial charge is 0.315 e. The summed E-state index contributed by atoms with van der Waals surface area (Å²) < 4.78 is 22.4. The van der Waals surface area contributed by atoms with Gasteiger partial charge in [-0.1, -0.05) is 11.8 Å². The number of hydrogen-bond acceptors (Lipinski definition) is 19. The molecular formula is C23H42O8S12. The molecule has 0 saturated carbocycles. The lowest BCUT2D eigenvalue weighted by atomic mass is 10.8. The fourth-order valence-electron chi connectivity index (χ4n) is 2.16. The second-order valence-electron chi connectivity index (χ2n) is 7.37. The number of hydrogen-bond donors (Lipinski definition) is 2. The molecule has 0 aliphatic carbocycles. The molecule has 254 valence electrons. The molecule has 8 nitrogen and oxygen atoms in total. The maximum absolute atomic E-state index is 12.2. The van der Waals surface area contributed by atoms with Gasteiger partial charge in [-0.15, -0.1) is 82.3 Å². The second kappa shape index (κ2) is 37.4. The Bertz CT molecular complexity index is 711. The quantitative estimate of drug-likeness (QED) is 0.0517. The van der Waals surface area contributed by atoms with E-state index in [1.807, 2.05) is 0 Å². The van der Waals surface area contributed by atoms with E-state index < -0.39 is 10.8 Å². The SMILES string of the molecule is O=C(CSCSCSCCS(=O)CSCSCSC(=O)CSCSCSCC(=O)OCCSCCO)OCCSCCO. The number of carbonyl (C=O) groups excluding carboxylic acids is 3. The van der Waals surface area contributed by atoms with E-state index in [-0.39, 0.29) is 30.3 Å². The predicted molar refractivity (Wildman–Crippen MR) is 211 cm³/mol. The number of aliphatic hydroxyl groups is 2. The lowest BCUT2D eigenvalue weighted by Crippen LogP contribution is -2.10. The third-order valence-corrected chi connectivity index (χ3v) is 18.7. The second-order valence-corrected chi connectivity index (χ2v) is 23.0. The van der Waals surface area contributed by atoms with Crippen LogP contribution in [0.2, 0.25) is 0 Å². The average molecular weight is 831 g/mol. The molecule has 2 N–H and O–H groups in total. The minimum atomic E-state index is -0.847. The van der Waals surface area contributed by atoms with Crippen LogP contribution in [-0.2, 0) is 34.7 Å². The highest BCUT2D eigenvalue weighted by molar-refractivity contribution is 8.29. The van der Waals surface area contributed by atoms with Crippen LogP contribution >= 0.6 is 129 Å². The third-order valence-electron chi connectivity index (χ3n) is 3.92. The highest BCUT2D eigenvalue weighted by Crippen LogP contribution is 2.23. The predicted octanol–water partition coefficient (Wildman–Crippen LogP) is 5.10. The molecule has 0 spiro atoms. The van der Waals surface area contributed by atoms with Crippen molar-refractivity contribution in [1.82, 2.24) is 0 Å². The molecule has 0 saturated heterocycles. The number of ether oxygens (including phenoxy) is 2. The molecule has 0 aliphatic heterocycles. The maximum Gasteiger partial charge on any atom is 0.315 e. The van der Waals surface area contributed by atoms with Gasteiger partial charge in [0.15, 0.2) is 5.12 Å². The minimum Gasteiger partial charge on any atom is -0.464 e. The van der Waals surface area contributed by atoms with Gasteiger partial charge in [0, 0.05) is 75.8 Å². The zero-order chi connectivity index (χ0) is 31.6. The van der Waals surface area contributed by atoms with Crippen LogP contribution in [0.5, 0.6) is 0 Å². The Balaban J connectivity index is 3.38. The van der Waals surface area contributed by atoms with Crippen molar-refractivity contribution in [3.05, 3.63) is 0 Å². The molecule has 43 heavy (non-hydrogen) atoms. The molecule has 0 aromatic carbocycles. The van der Waals surface area contributed by atoms with Crippen LogP contribution in [0.15, 0.2) is 0 Å². The average Bonchev–Trinajstić information content (AvgIpc) is 2.99. The van der Waals surface area contributed by atoms with Crippen LogP contribution < -0.4 is 0 Å². The molecule has 20 heteroatoms. The third kappa shape index (κ3) is 37.2. The van der Waals surface area contributed by atoms with E-state index in [0.717, 1.165) is 31.2 Å². The van der Waals surface area contributed by atoms with E-state index in [4.69, 9.17) is 19.7 Å². The Labute approximate surface area is 306 Å². The van der Waals surface area contributed by atoms with Crippen LogP contribution in [0.25, 0.3) is 0 Å². The summed E-state index contributed by atoms with van der Waals surface area (Å²) in [6.45, 7) is 1.04. The summed E-state index contributed by atoms with van der Waals surface area (Å²) in [4.78, 5) is 35.2. The zero-order valence-electron chi connectivity index (χ0n) is 23.9. The van der Waals surface area contributed by atoms with E-state index in [9.17, 15) is 18.6 Å². The Hall–Kier alpha value is 2.53. The first-order valence-corrected chi connectivity index (χ1v) is 26.8. The molecule has 0 radical (unpaired) electrons. The van der Waals surface area contributed by atoms with Crippen LogP contribution in [0.3, 0.4) is 0 Å². The van der Waals surface area contributed by atoms with Crippen molar-refractivity contribution < 1.29 is 38.3 Å². The van der Waals surface area contributed by atoms with Gasteiger partial charge in [-0.3, -0.25) is 18.6 Å². The molecule has 0 heterocycles. The van der Waals surface area contributed by atoms with Crippen LogP contribution in [0, 0.1) is 0 Å². The van der Waals surface area contributed by atoms with Crippen molar-refractivity contribution in [1.29, 1.82) is 0 Å². The summed E-state index contributed by atoms with van der Waals surface area (Å²) >= 11 is 17.6. The fourth-order valence-corrected chi connectivity index (χ4v) is 15.1. The number of aliphatic hydroxyl groups excluding tert-OH is 2. The van der Waals surface area contributed by atoms with E-state index >= 15 is 0 Å². The highest BCUT2D eigenvalue weighted by Gasteiger charge is 2.07. The number of thioether (sulfide) groups is 11. The van der Waals surface area contributed by atoms with Crippen molar-refractivity contribution in [3.8, 4) is 0 Å². The van der Waals surface area contributed by atoms with Crippen LogP contribution in [0.4, 0.5) is 0 Å². The van der Waals surface area contributed by atoms with Gasteiger partial charge in [-0.2, -0.15) is 35.3 Å². The molecule has 1 atom stereocenters. The monoisotopic (exact) mass is 830 g/mol. The molecule has 0 bridgehead atoms. The van der Waals surface area contributed by atoms with Gasteiger partial charge in [-0.05, 0) is 0 Å². The van der Waals surface area contributed by atoms with Crippen molar-refractivity contribution in [3.63, 3.8) is 0 Å². The van der Waals surface area contributed by atoms with Gasteiger partial charge >= 0.3 is 11.9 Å². The lowest BCUT2D eigenvalue weighted by molar-refractivity contribution is -0.140. The van der Waals surface area contributed by atoms with Gasteiger partial charge < -0.3 is 19.7 Å². The molecular weight excluding hydrogens is 789 g/mol. The molecule has 0 aliphatic rings. The number of rotatable bonds is 33. The summed E-state index contributed by atoms with van der Waals surface area (Å²) in [6.07, 6.45) is 0. The van der Waals surface area contributed by atoms with Gasteiger partial charge in [-0.25, -0.2) is 0 Å². The van der Waals surface area contributed by atoms with Crippen LogP contribution in [-0.4, -0.2) is 145 Å². The summed E-state index contributed by atoms with van der Waals surface area (Å²) in [5.74, 6) is 4.99. The summed E-state index contributed by atoms with van der Waals surface area (Å²) in [6, 6.07) is 0. The number of carbonyl (C=O) groups is 3. The molecule has 0 amide bonds. The first kappa shape index (κ1) is 45.5. The normalized spacial score (nSPS) is 11.9. The zero-order valence-corrected chi connectivity index (χ0v) is 33.7. The van der Waals surface area contributed by atoms with Crippen molar-refractivity contribution in [2.24, 2.45) is 0 Å². The topological polar surface area (TPSA) is 127 Å². The highest BCUT2D eigenvalue weighted by atomic mass is 32.3. The molecule has 0 fully saturated rings. The largest absolute Gasteiger partial charge is 0.464 e. The fraction of sp³-hybridized carbons (Fsp3) is 0.870. The Kier molecular flexibility index (Phi) is 39.5. The van der Waals surface area contributed by atoms with Crippen LogP contribution in [0.1, 0.15) is 0 Å². The van der Waals surface area contributed by atoms with E-state index in [1.54, 1.807) is 106 Å². The van der Waals surface area contributed by atoms with E-state index in [2.05, 4.69) is 0 Å². The molecule has 0 aromatic heterocycles. The maximum atomic E-state index is 12.2. The summed E-state index contributed by atoms with van der Waals surface area (Å²) in [5, 5.41) is 23.0.